The number of carbonyl (C=O) groups excluding carboxylic acids is 1. The summed E-state index contributed by atoms with van der Waals surface area (Å²) in [6.07, 6.45) is 0.680. The molecule has 1 aromatic heterocycles. The Morgan fingerprint density at radius 2 is 2.33 bits per heavy atom. The fourth-order valence-electron chi connectivity index (χ4n) is 1.29. The molecule has 1 unspecified atom stereocenters. The lowest BCUT2D eigenvalue weighted by atomic mass is 10.2. The van der Waals surface area contributed by atoms with Crippen molar-refractivity contribution in [2.45, 2.75) is 12.5 Å². The highest BCUT2D eigenvalue weighted by Crippen LogP contribution is 2.07. The summed E-state index contributed by atoms with van der Waals surface area (Å²) in [7, 11) is 1.39. The molecule has 7 heteroatoms. The number of carboxylic acids is 1. The highest BCUT2D eigenvalue weighted by atomic mass is 35.5. The molecule has 0 spiro atoms. The van der Waals surface area contributed by atoms with Crippen LogP contribution in [0.5, 0.6) is 0 Å². The van der Waals surface area contributed by atoms with E-state index in [1.54, 1.807) is 0 Å². The first-order valence-corrected chi connectivity index (χ1v) is 5.55. The Labute approximate surface area is 109 Å². The fourth-order valence-corrected chi connectivity index (χ4v) is 1.46. The number of carbonyl (C=O) groups is 2. The SMILES string of the molecule is COC(CNC(=O)c1ccnc(Cl)c1)CC(=O)O. The fraction of sp³-hybridized carbons (Fsp3) is 0.364. The third kappa shape index (κ3) is 4.68. The second-order valence-corrected chi connectivity index (χ2v) is 3.92. The van der Waals surface area contributed by atoms with Gasteiger partial charge in [0.15, 0.2) is 0 Å². The lowest BCUT2D eigenvalue weighted by Crippen LogP contribution is -2.34. The molecule has 0 aromatic carbocycles. The number of hydrogen-bond donors (Lipinski definition) is 2. The normalized spacial score (nSPS) is 11.9. The zero-order valence-electron chi connectivity index (χ0n) is 9.72. The number of nitrogens with zero attached hydrogens (tertiary/aromatic N) is 1. The topological polar surface area (TPSA) is 88.5 Å². The van der Waals surface area contributed by atoms with Gasteiger partial charge in [0, 0.05) is 25.4 Å². The molecule has 0 saturated carbocycles. The summed E-state index contributed by atoms with van der Waals surface area (Å²) in [5, 5.41) is 11.4. The van der Waals surface area contributed by atoms with Crippen molar-refractivity contribution >= 4 is 23.5 Å². The number of aromatic nitrogens is 1. The van der Waals surface area contributed by atoms with Gasteiger partial charge in [-0.25, -0.2) is 4.98 Å². The second kappa shape index (κ2) is 6.93. The Morgan fingerprint density at radius 1 is 1.61 bits per heavy atom. The van der Waals surface area contributed by atoms with Crippen LogP contribution in [0.3, 0.4) is 0 Å². The average Bonchev–Trinajstić information content (AvgIpc) is 2.33. The monoisotopic (exact) mass is 272 g/mol. The molecule has 1 atom stereocenters. The van der Waals surface area contributed by atoms with E-state index in [0.29, 0.717) is 5.56 Å². The molecule has 0 aliphatic rings. The van der Waals surface area contributed by atoms with Crippen molar-refractivity contribution in [3.63, 3.8) is 0 Å². The predicted octanol–water partition coefficient (Wildman–Crippen LogP) is 0.955. The van der Waals surface area contributed by atoms with Crippen LogP contribution < -0.4 is 5.32 Å². The molecule has 1 heterocycles. The smallest absolute Gasteiger partial charge is 0.306 e. The van der Waals surface area contributed by atoms with Crippen LogP contribution in [0.1, 0.15) is 16.8 Å². The van der Waals surface area contributed by atoms with Crippen molar-refractivity contribution in [2.75, 3.05) is 13.7 Å². The number of carboxylic acid groups (broad SMARTS) is 1. The quantitative estimate of drug-likeness (QED) is 0.753. The van der Waals surface area contributed by atoms with E-state index < -0.39 is 12.1 Å². The number of halogens is 1. The first-order chi connectivity index (χ1) is 8.52. The Hall–Kier alpha value is -1.66. The van der Waals surface area contributed by atoms with Crippen molar-refractivity contribution in [2.24, 2.45) is 0 Å². The molecule has 1 aromatic rings. The number of nitrogens with one attached hydrogen (secondary N) is 1. The summed E-state index contributed by atoms with van der Waals surface area (Å²) in [6.45, 7) is 0.113. The molecular weight excluding hydrogens is 260 g/mol. The van der Waals surface area contributed by atoms with Crippen molar-refractivity contribution in [3.05, 3.63) is 29.0 Å². The second-order valence-electron chi connectivity index (χ2n) is 3.53. The molecule has 98 valence electrons. The van der Waals surface area contributed by atoms with Gasteiger partial charge in [-0.05, 0) is 12.1 Å². The predicted molar refractivity (Wildman–Crippen MR) is 64.6 cm³/mol. The van der Waals surface area contributed by atoms with Gasteiger partial charge in [-0.2, -0.15) is 0 Å². The summed E-state index contributed by atoms with van der Waals surface area (Å²) >= 11 is 5.65. The lowest BCUT2D eigenvalue weighted by molar-refractivity contribution is -0.139. The van der Waals surface area contributed by atoms with Gasteiger partial charge in [-0.1, -0.05) is 11.6 Å². The number of hydrogen-bond acceptors (Lipinski definition) is 4. The standard InChI is InChI=1S/C11H13ClN2O4/c1-18-8(5-10(15)16)6-14-11(17)7-2-3-13-9(12)4-7/h2-4,8H,5-6H2,1H3,(H,14,17)(H,15,16). The van der Waals surface area contributed by atoms with Crippen LogP contribution in [0.25, 0.3) is 0 Å². The Balaban J connectivity index is 2.52. The van der Waals surface area contributed by atoms with Crippen molar-refractivity contribution < 1.29 is 19.4 Å². The van der Waals surface area contributed by atoms with Crippen LogP contribution in [0.2, 0.25) is 5.15 Å². The van der Waals surface area contributed by atoms with E-state index in [0.717, 1.165) is 0 Å². The number of rotatable bonds is 6. The van der Waals surface area contributed by atoms with E-state index in [2.05, 4.69) is 10.3 Å². The summed E-state index contributed by atoms with van der Waals surface area (Å²) in [5.74, 6) is -1.34. The number of amides is 1. The van der Waals surface area contributed by atoms with Crippen LogP contribution in [0.15, 0.2) is 18.3 Å². The van der Waals surface area contributed by atoms with E-state index in [9.17, 15) is 9.59 Å². The Morgan fingerprint density at radius 3 is 2.89 bits per heavy atom. The van der Waals surface area contributed by atoms with Gasteiger partial charge >= 0.3 is 5.97 Å². The molecule has 1 rings (SSSR count). The molecule has 0 aliphatic carbocycles. The van der Waals surface area contributed by atoms with Gasteiger partial charge in [0.05, 0.1) is 12.5 Å². The molecule has 0 aliphatic heterocycles. The van der Waals surface area contributed by atoms with Crippen LogP contribution in [-0.2, 0) is 9.53 Å². The van der Waals surface area contributed by atoms with Gasteiger partial charge in [0.2, 0.25) is 0 Å². The van der Waals surface area contributed by atoms with E-state index >= 15 is 0 Å². The molecule has 6 nitrogen and oxygen atoms in total. The van der Waals surface area contributed by atoms with Gasteiger partial charge in [0.1, 0.15) is 5.15 Å². The third-order valence-corrected chi connectivity index (χ3v) is 2.42. The highest BCUT2D eigenvalue weighted by molar-refractivity contribution is 6.29. The van der Waals surface area contributed by atoms with Gasteiger partial charge in [-0.15, -0.1) is 0 Å². The third-order valence-electron chi connectivity index (χ3n) is 2.21. The summed E-state index contributed by atoms with van der Waals surface area (Å²) < 4.78 is 4.94. The van der Waals surface area contributed by atoms with Crippen LogP contribution in [0, 0.1) is 0 Å². The van der Waals surface area contributed by atoms with Gasteiger partial charge in [0.25, 0.3) is 5.91 Å². The van der Waals surface area contributed by atoms with Crippen molar-refractivity contribution in [3.8, 4) is 0 Å². The lowest BCUT2D eigenvalue weighted by Gasteiger charge is -2.13. The molecule has 0 fully saturated rings. The minimum atomic E-state index is -0.983. The number of pyridine rings is 1. The number of aliphatic carboxylic acids is 1. The van der Waals surface area contributed by atoms with Gasteiger partial charge < -0.3 is 15.2 Å². The van der Waals surface area contributed by atoms with Crippen LogP contribution in [0.4, 0.5) is 0 Å². The van der Waals surface area contributed by atoms with E-state index in [1.165, 1.54) is 25.4 Å². The molecule has 2 N–H and O–H groups in total. The van der Waals surface area contributed by atoms with E-state index in [1.807, 2.05) is 0 Å². The number of methoxy groups -OCH3 is 1. The molecule has 0 bridgehead atoms. The van der Waals surface area contributed by atoms with Crippen LogP contribution >= 0.6 is 11.6 Å². The minimum absolute atomic E-state index is 0.113. The molecular formula is C11H13ClN2O4. The Kier molecular flexibility index (Phi) is 5.54. The zero-order chi connectivity index (χ0) is 13.5. The molecule has 18 heavy (non-hydrogen) atoms. The molecule has 0 saturated heterocycles. The number of ether oxygens (including phenoxy) is 1. The van der Waals surface area contributed by atoms with Crippen molar-refractivity contribution in [1.29, 1.82) is 0 Å². The van der Waals surface area contributed by atoms with Crippen LogP contribution in [-0.4, -0.2) is 41.7 Å². The Bertz CT molecular complexity index is 439. The van der Waals surface area contributed by atoms with E-state index in [-0.39, 0.29) is 24.0 Å². The molecule has 0 radical (unpaired) electrons. The highest BCUT2D eigenvalue weighted by Gasteiger charge is 2.14. The first-order valence-electron chi connectivity index (χ1n) is 5.17. The van der Waals surface area contributed by atoms with E-state index in [4.69, 9.17) is 21.4 Å². The van der Waals surface area contributed by atoms with Crippen molar-refractivity contribution in [1.82, 2.24) is 10.3 Å². The maximum Gasteiger partial charge on any atom is 0.306 e. The average molecular weight is 273 g/mol. The molecule has 1 amide bonds. The van der Waals surface area contributed by atoms with Gasteiger partial charge in [-0.3, -0.25) is 9.59 Å². The maximum atomic E-state index is 11.7. The zero-order valence-corrected chi connectivity index (χ0v) is 10.5. The minimum Gasteiger partial charge on any atom is -0.481 e. The summed E-state index contributed by atoms with van der Waals surface area (Å²) in [4.78, 5) is 26.0. The largest absolute Gasteiger partial charge is 0.481 e. The first kappa shape index (κ1) is 14.4. The maximum absolute atomic E-state index is 11.7. The summed E-state index contributed by atoms with van der Waals surface area (Å²) in [6, 6.07) is 2.94. The summed E-state index contributed by atoms with van der Waals surface area (Å²) in [5.41, 5.74) is 0.361.